The van der Waals surface area contributed by atoms with Crippen LogP contribution in [-0.4, -0.2) is 32.4 Å². The van der Waals surface area contributed by atoms with E-state index in [-0.39, 0.29) is 11.7 Å². The molecule has 1 fully saturated rings. The third-order valence-electron chi connectivity index (χ3n) is 3.87. The van der Waals surface area contributed by atoms with Gasteiger partial charge in [0.2, 0.25) is 5.82 Å². The molecule has 7 heteroatoms. The van der Waals surface area contributed by atoms with E-state index in [0.717, 1.165) is 31.4 Å². The predicted molar refractivity (Wildman–Crippen MR) is 82.4 cm³/mol. The van der Waals surface area contributed by atoms with Crippen molar-refractivity contribution in [2.45, 2.75) is 38.3 Å². The number of carbonyl (C=O) groups is 1. The molecule has 23 heavy (non-hydrogen) atoms. The van der Waals surface area contributed by atoms with Crippen molar-refractivity contribution in [1.82, 2.24) is 25.3 Å². The van der Waals surface area contributed by atoms with Crippen molar-refractivity contribution < 1.29 is 9.53 Å². The zero-order valence-electron chi connectivity index (χ0n) is 13.0. The zero-order chi connectivity index (χ0) is 16.1. The first-order valence-corrected chi connectivity index (χ1v) is 7.68. The first kappa shape index (κ1) is 15.5. The van der Waals surface area contributed by atoms with Gasteiger partial charge in [0, 0.05) is 43.5 Å². The molecule has 0 aromatic carbocycles. The maximum Gasteiger partial charge on any atom is 0.289 e. The van der Waals surface area contributed by atoms with Gasteiger partial charge in [-0.25, -0.2) is 19.9 Å². The number of carbonyl (C=O) groups excluding carboxylic acids is 1. The van der Waals surface area contributed by atoms with Crippen LogP contribution in [0.3, 0.4) is 0 Å². The number of rotatable bonds is 4. The number of hydrogen-bond donors (Lipinski definition) is 1. The maximum atomic E-state index is 11.9. The fraction of sp³-hybridized carbons (Fsp3) is 0.438. The molecule has 1 N–H and O–H groups in total. The molecular formula is C16H19N5O2. The minimum Gasteiger partial charge on any atom is -0.367 e. The van der Waals surface area contributed by atoms with E-state index < -0.39 is 5.60 Å². The summed E-state index contributed by atoms with van der Waals surface area (Å²) in [7, 11) is 0. The third-order valence-corrected chi connectivity index (χ3v) is 3.87. The summed E-state index contributed by atoms with van der Waals surface area (Å²) in [6, 6.07) is 1.66. The number of nitrogens with one attached hydrogen (secondary N) is 1. The highest BCUT2D eigenvalue weighted by molar-refractivity contribution is 5.90. The van der Waals surface area contributed by atoms with Crippen molar-refractivity contribution >= 4 is 5.91 Å². The Labute approximate surface area is 134 Å². The molecule has 2 aromatic heterocycles. The average Bonchev–Trinajstić information content (AvgIpc) is 2.61. The Morgan fingerprint density at radius 2 is 1.96 bits per heavy atom. The maximum absolute atomic E-state index is 11.9. The van der Waals surface area contributed by atoms with E-state index in [1.54, 1.807) is 18.5 Å². The first-order chi connectivity index (χ1) is 11.2. The molecule has 1 aliphatic rings. The van der Waals surface area contributed by atoms with Crippen LogP contribution in [0.5, 0.6) is 0 Å². The molecule has 0 unspecified atom stereocenters. The molecule has 0 spiro atoms. The second-order valence-electron chi connectivity index (χ2n) is 5.71. The molecule has 3 heterocycles. The first-order valence-electron chi connectivity index (χ1n) is 7.68. The molecule has 1 aliphatic heterocycles. The Kier molecular flexibility index (Phi) is 4.57. The Morgan fingerprint density at radius 3 is 2.61 bits per heavy atom. The highest BCUT2D eigenvalue weighted by Crippen LogP contribution is 2.32. The number of hydrogen-bond acceptors (Lipinski definition) is 6. The van der Waals surface area contributed by atoms with Gasteiger partial charge in [0.25, 0.3) is 5.91 Å². The van der Waals surface area contributed by atoms with Gasteiger partial charge in [0.1, 0.15) is 5.60 Å². The van der Waals surface area contributed by atoms with Gasteiger partial charge in [0.15, 0.2) is 5.82 Å². The van der Waals surface area contributed by atoms with Crippen LogP contribution in [0.4, 0.5) is 0 Å². The molecule has 7 nitrogen and oxygen atoms in total. The zero-order valence-corrected chi connectivity index (χ0v) is 13.0. The summed E-state index contributed by atoms with van der Waals surface area (Å²) in [5.74, 6) is 0.518. The van der Waals surface area contributed by atoms with Crippen molar-refractivity contribution in [2.24, 2.45) is 0 Å². The highest BCUT2D eigenvalue weighted by atomic mass is 16.5. The van der Waals surface area contributed by atoms with Gasteiger partial charge in [-0.1, -0.05) is 0 Å². The van der Waals surface area contributed by atoms with Crippen LogP contribution in [0.1, 0.15) is 48.2 Å². The van der Waals surface area contributed by atoms with E-state index in [2.05, 4.69) is 25.3 Å². The Balaban J connectivity index is 1.60. The van der Waals surface area contributed by atoms with E-state index in [1.165, 1.54) is 12.4 Å². The minimum atomic E-state index is -0.405. The topological polar surface area (TPSA) is 89.9 Å². The van der Waals surface area contributed by atoms with E-state index in [1.807, 2.05) is 6.92 Å². The van der Waals surface area contributed by atoms with Crippen molar-refractivity contribution in [1.29, 1.82) is 0 Å². The molecule has 0 radical (unpaired) electrons. The van der Waals surface area contributed by atoms with Crippen LogP contribution in [0.25, 0.3) is 0 Å². The van der Waals surface area contributed by atoms with E-state index in [9.17, 15) is 4.79 Å². The van der Waals surface area contributed by atoms with Gasteiger partial charge < -0.3 is 10.1 Å². The quantitative estimate of drug-likeness (QED) is 0.922. The molecule has 1 saturated heterocycles. The molecule has 1 amide bonds. The van der Waals surface area contributed by atoms with Crippen LogP contribution in [0.15, 0.2) is 30.9 Å². The molecule has 0 aliphatic carbocycles. The molecule has 3 rings (SSSR count). The van der Waals surface area contributed by atoms with Crippen molar-refractivity contribution in [3.05, 3.63) is 48.1 Å². The molecular weight excluding hydrogens is 294 g/mol. The summed E-state index contributed by atoms with van der Waals surface area (Å²) in [6.45, 7) is 3.10. The SMILES string of the molecule is C[C@]1(c2ncc(CNC(=O)c3ncccn3)cn2)CCCCO1. The van der Waals surface area contributed by atoms with Gasteiger partial charge in [0.05, 0.1) is 0 Å². The van der Waals surface area contributed by atoms with Crippen LogP contribution >= 0.6 is 0 Å². The molecule has 1 atom stereocenters. The van der Waals surface area contributed by atoms with E-state index in [0.29, 0.717) is 12.4 Å². The van der Waals surface area contributed by atoms with Gasteiger partial charge in [-0.2, -0.15) is 0 Å². The molecule has 120 valence electrons. The minimum absolute atomic E-state index is 0.146. The number of aromatic nitrogens is 4. The summed E-state index contributed by atoms with van der Waals surface area (Å²) in [6.07, 6.45) is 9.63. The molecule has 0 bridgehead atoms. The largest absolute Gasteiger partial charge is 0.367 e. The predicted octanol–water partition coefficient (Wildman–Crippen LogP) is 1.61. The van der Waals surface area contributed by atoms with Crippen molar-refractivity contribution in [2.75, 3.05) is 6.61 Å². The highest BCUT2D eigenvalue weighted by Gasteiger charge is 2.32. The summed E-state index contributed by atoms with van der Waals surface area (Å²) in [5, 5.41) is 2.75. The summed E-state index contributed by atoms with van der Waals surface area (Å²) < 4.78 is 5.84. The molecule has 0 saturated carbocycles. The Bertz CT molecular complexity index is 654. The van der Waals surface area contributed by atoms with Gasteiger partial charge in [-0.3, -0.25) is 4.79 Å². The van der Waals surface area contributed by atoms with Gasteiger partial charge in [-0.05, 0) is 32.3 Å². The van der Waals surface area contributed by atoms with E-state index in [4.69, 9.17) is 4.74 Å². The Hall–Kier alpha value is -2.41. The van der Waals surface area contributed by atoms with Crippen molar-refractivity contribution in [3.63, 3.8) is 0 Å². The van der Waals surface area contributed by atoms with Crippen LogP contribution in [0, 0.1) is 0 Å². The second-order valence-corrected chi connectivity index (χ2v) is 5.71. The smallest absolute Gasteiger partial charge is 0.289 e. The average molecular weight is 313 g/mol. The number of amides is 1. The standard InChI is InChI=1S/C16H19N5O2/c1-16(5-2-3-8-23-16)15-20-10-12(11-21-15)9-19-14(22)13-17-6-4-7-18-13/h4,6-7,10-11H,2-3,5,8-9H2,1H3,(H,19,22)/t16-/m1/s1. The van der Waals surface area contributed by atoms with Gasteiger partial charge >= 0.3 is 0 Å². The van der Waals surface area contributed by atoms with Gasteiger partial charge in [-0.15, -0.1) is 0 Å². The third kappa shape index (κ3) is 3.68. The lowest BCUT2D eigenvalue weighted by molar-refractivity contribution is -0.0760. The number of ether oxygens (including phenoxy) is 1. The van der Waals surface area contributed by atoms with Crippen LogP contribution < -0.4 is 5.32 Å². The summed E-state index contributed by atoms with van der Waals surface area (Å²) in [4.78, 5) is 28.5. The summed E-state index contributed by atoms with van der Waals surface area (Å²) >= 11 is 0. The van der Waals surface area contributed by atoms with Crippen LogP contribution in [-0.2, 0) is 16.9 Å². The lowest BCUT2D eigenvalue weighted by atomic mass is 9.95. The summed E-state index contributed by atoms with van der Waals surface area (Å²) in [5.41, 5.74) is 0.412. The fourth-order valence-corrected chi connectivity index (χ4v) is 2.51. The number of nitrogens with zero attached hydrogens (tertiary/aromatic N) is 4. The lowest BCUT2D eigenvalue weighted by Gasteiger charge is -2.32. The Morgan fingerprint density at radius 1 is 1.22 bits per heavy atom. The molecule has 2 aromatic rings. The lowest BCUT2D eigenvalue weighted by Crippen LogP contribution is -2.32. The second kappa shape index (κ2) is 6.78. The van der Waals surface area contributed by atoms with E-state index >= 15 is 0 Å². The van der Waals surface area contributed by atoms with Crippen molar-refractivity contribution in [3.8, 4) is 0 Å². The van der Waals surface area contributed by atoms with Crippen LogP contribution in [0.2, 0.25) is 0 Å². The normalized spacial score (nSPS) is 20.9. The monoisotopic (exact) mass is 313 g/mol. The fourth-order valence-electron chi connectivity index (χ4n) is 2.51.